The number of ether oxygens (including phenoxy) is 1. The minimum absolute atomic E-state index is 0.300. The molecule has 0 aliphatic heterocycles. The first-order chi connectivity index (χ1) is 8.76. The normalized spacial score (nSPS) is 12.2. The summed E-state index contributed by atoms with van der Waals surface area (Å²) in [5.74, 6) is 6.25. The van der Waals surface area contributed by atoms with E-state index in [0.29, 0.717) is 16.6 Å². The van der Waals surface area contributed by atoms with Gasteiger partial charge in [0.2, 0.25) is 0 Å². The van der Waals surface area contributed by atoms with E-state index in [1.165, 1.54) is 0 Å². The van der Waals surface area contributed by atoms with Crippen LogP contribution in [0.25, 0.3) is 0 Å². The first-order valence-corrected chi connectivity index (χ1v) is 5.70. The maximum absolute atomic E-state index is 5.76. The molecular weight excluding hydrogens is 252 g/mol. The van der Waals surface area contributed by atoms with Gasteiger partial charge in [-0.05, 0) is 23.8 Å². The fourth-order valence-corrected chi connectivity index (χ4v) is 1.80. The topological polar surface area (TPSA) is 73.1 Å². The fraction of sp³-hybridized carbons (Fsp3) is 0.167. The van der Waals surface area contributed by atoms with Crippen molar-refractivity contribution >= 4 is 11.6 Å². The monoisotopic (exact) mass is 264 g/mol. The van der Waals surface area contributed by atoms with Gasteiger partial charge in [-0.25, -0.2) is 10.4 Å². The van der Waals surface area contributed by atoms with E-state index in [1.54, 1.807) is 31.6 Å². The van der Waals surface area contributed by atoms with Gasteiger partial charge in [0.1, 0.15) is 16.6 Å². The Kier molecular flexibility index (Phi) is 4.09. The lowest BCUT2D eigenvalue weighted by Gasteiger charge is -2.17. The zero-order chi connectivity index (χ0) is 13.0. The van der Waals surface area contributed by atoms with Crippen molar-refractivity contribution in [1.82, 2.24) is 15.4 Å². The van der Waals surface area contributed by atoms with Crippen LogP contribution in [-0.2, 0) is 0 Å². The molecule has 1 unspecified atom stereocenters. The van der Waals surface area contributed by atoms with Crippen molar-refractivity contribution in [3.63, 3.8) is 0 Å². The summed E-state index contributed by atoms with van der Waals surface area (Å²) < 4.78 is 5.27. The van der Waals surface area contributed by atoms with Gasteiger partial charge in [-0.2, -0.15) is 0 Å². The lowest BCUT2D eigenvalue weighted by molar-refractivity contribution is 0.400. The van der Waals surface area contributed by atoms with Crippen LogP contribution < -0.4 is 16.0 Å². The summed E-state index contributed by atoms with van der Waals surface area (Å²) in [7, 11) is 1.59. The molecule has 3 N–H and O–H groups in total. The zero-order valence-corrected chi connectivity index (χ0v) is 10.6. The molecule has 0 aliphatic carbocycles. The van der Waals surface area contributed by atoms with Crippen LogP contribution in [0.1, 0.15) is 17.3 Å². The molecule has 0 fully saturated rings. The molecule has 0 saturated heterocycles. The highest BCUT2D eigenvalue weighted by Gasteiger charge is 2.18. The number of nitrogens with two attached hydrogens (primary N) is 1. The number of hydrazine groups is 1. The second-order valence-electron chi connectivity index (χ2n) is 3.60. The smallest absolute Gasteiger partial charge is 0.142 e. The van der Waals surface area contributed by atoms with Gasteiger partial charge in [0.05, 0.1) is 13.2 Å². The molecule has 94 valence electrons. The Morgan fingerprint density at radius 2 is 2.17 bits per heavy atom. The predicted octanol–water partition coefficient (Wildman–Crippen LogP) is 1.69. The lowest BCUT2D eigenvalue weighted by atomic mass is 10.1. The molecule has 0 aromatic carbocycles. The first-order valence-electron chi connectivity index (χ1n) is 5.32. The molecule has 0 spiro atoms. The average molecular weight is 265 g/mol. The van der Waals surface area contributed by atoms with E-state index in [0.717, 1.165) is 5.56 Å². The summed E-state index contributed by atoms with van der Waals surface area (Å²) >= 11 is 5.76. The van der Waals surface area contributed by atoms with Gasteiger partial charge >= 0.3 is 0 Å². The number of nitrogens with zero attached hydrogens (tertiary/aromatic N) is 2. The third-order valence-electron chi connectivity index (χ3n) is 2.54. The highest BCUT2D eigenvalue weighted by atomic mass is 35.5. The molecule has 1 atom stereocenters. The van der Waals surface area contributed by atoms with E-state index in [-0.39, 0.29) is 6.04 Å². The molecular formula is C12H13ClN4O. The van der Waals surface area contributed by atoms with Gasteiger partial charge < -0.3 is 4.74 Å². The molecule has 0 amide bonds. The highest BCUT2D eigenvalue weighted by Crippen LogP contribution is 2.27. The van der Waals surface area contributed by atoms with Crippen LogP contribution in [0.2, 0.25) is 5.15 Å². The third kappa shape index (κ3) is 2.59. The number of hydrogen-bond donors (Lipinski definition) is 2. The van der Waals surface area contributed by atoms with E-state index < -0.39 is 0 Å². The first kappa shape index (κ1) is 12.8. The number of halogens is 1. The van der Waals surface area contributed by atoms with Crippen molar-refractivity contribution in [2.75, 3.05) is 7.11 Å². The van der Waals surface area contributed by atoms with Gasteiger partial charge in [-0.15, -0.1) is 0 Å². The van der Waals surface area contributed by atoms with Gasteiger partial charge in [0.25, 0.3) is 0 Å². The summed E-state index contributed by atoms with van der Waals surface area (Å²) in [6, 6.07) is 6.88. The maximum atomic E-state index is 5.76. The molecule has 2 aromatic rings. The quantitative estimate of drug-likeness (QED) is 0.499. The van der Waals surface area contributed by atoms with Gasteiger partial charge in [0, 0.05) is 12.4 Å². The molecule has 18 heavy (non-hydrogen) atoms. The number of aromatic nitrogens is 2. The largest absolute Gasteiger partial charge is 0.495 e. The van der Waals surface area contributed by atoms with E-state index in [4.69, 9.17) is 22.2 Å². The standard InChI is InChI=1S/C12H13ClN4O/c1-18-9-3-2-6-15-12(9)11(17-14)8-4-5-10(13)16-7-8/h2-7,11,17H,14H2,1H3. The molecule has 0 radical (unpaired) electrons. The van der Waals surface area contributed by atoms with Gasteiger partial charge in [0.15, 0.2) is 0 Å². The molecule has 0 bridgehead atoms. The number of methoxy groups -OCH3 is 1. The number of pyridine rings is 2. The summed E-state index contributed by atoms with van der Waals surface area (Å²) in [4.78, 5) is 8.32. The van der Waals surface area contributed by atoms with E-state index >= 15 is 0 Å². The Morgan fingerprint density at radius 1 is 1.33 bits per heavy atom. The van der Waals surface area contributed by atoms with Crippen LogP contribution in [0.15, 0.2) is 36.7 Å². The molecule has 2 rings (SSSR count). The summed E-state index contributed by atoms with van der Waals surface area (Å²) in [6.07, 6.45) is 3.34. The van der Waals surface area contributed by atoms with Crippen molar-refractivity contribution in [1.29, 1.82) is 0 Å². The van der Waals surface area contributed by atoms with Crippen molar-refractivity contribution in [2.24, 2.45) is 5.84 Å². The number of hydrogen-bond acceptors (Lipinski definition) is 5. The Morgan fingerprint density at radius 3 is 2.78 bits per heavy atom. The molecule has 0 aliphatic rings. The molecule has 5 nitrogen and oxygen atoms in total. The Bertz CT molecular complexity index is 518. The van der Waals surface area contributed by atoms with Gasteiger partial charge in [-0.1, -0.05) is 17.7 Å². The Balaban J connectivity index is 2.41. The van der Waals surface area contributed by atoms with Crippen LogP contribution >= 0.6 is 11.6 Å². The number of rotatable bonds is 4. The predicted molar refractivity (Wildman–Crippen MR) is 69.2 cm³/mol. The van der Waals surface area contributed by atoms with Crippen molar-refractivity contribution in [2.45, 2.75) is 6.04 Å². The Hall–Kier alpha value is -1.69. The highest BCUT2D eigenvalue weighted by molar-refractivity contribution is 6.29. The average Bonchev–Trinajstić information content (AvgIpc) is 2.42. The zero-order valence-electron chi connectivity index (χ0n) is 9.80. The van der Waals surface area contributed by atoms with Crippen molar-refractivity contribution in [3.05, 3.63) is 53.1 Å². The van der Waals surface area contributed by atoms with Crippen molar-refractivity contribution < 1.29 is 4.74 Å². The Labute approximate surface area is 110 Å². The third-order valence-corrected chi connectivity index (χ3v) is 2.77. The van der Waals surface area contributed by atoms with E-state index in [9.17, 15) is 0 Å². The van der Waals surface area contributed by atoms with Crippen molar-refractivity contribution in [3.8, 4) is 5.75 Å². The summed E-state index contributed by atoms with van der Waals surface area (Å²) in [6.45, 7) is 0. The van der Waals surface area contributed by atoms with Crippen LogP contribution in [0.5, 0.6) is 5.75 Å². The minimum atomic E-state index is -0.300. The van der Waals surface area contributed by atoms with Crippen LogP contribution in [-0.4, -0.2) is 17.1 Å². The maximum Gasteiger partial charge on any atom is 0.142 e. The molecule has 2 aromatic heterocycles. The lowest BCUT2D eigenvalue weighted by Crippen LogP contribution is -2.30. The molecule has 0 saturated carbocycles. The second-order valence-corrected chi connectivity index (χ2v) is 3.99. The second kappa shape index (κ2) is 5.77. The number of nitrogens with one attached hydrogen (secondary N) is 1. The van der Waals surface area contributed by atoms with Gasteiger partial charge in [-0.3, -0.25) is 10.8 Å². The van der Waals surface area contributed by atoms with Crippen LogP contribution in [0, 0.1) is 0 Å². The molecule has 2 heterocycles. The summed E-state index contributed by atoms with van der Waals surface area (Å²) in [5.41, 5.74) is 4.26. The SMILES string of the molecule is COc1cccnc1C(NN)c1ccc(Cl)nc1. The molecule has 6 heteroatoms. The van der Waals surface area contributed by atoms with E-state index in [1.807, 2.05) is 12.1 Å². The fourth-order valence-electron chi connectivity index (χ4n) is 1.68. The van der Waals surface area contributed by atoms with E-state index in [2.05, 4.69) is 15.4 Å². The van der Waals surface area contributed by atoms with Crippen LogP contribution in [0.4, 0.5) is 0 Å². The van der Waals surface area contributed by atoms with Crippen LogP contribution in [0.3, 0.4) is 0 Å². The minimum Gasteiger partial charge on any atom is -0.495 e. The summed E-state index contributed by atoms with van der Waals surface area (Å²) in [5, 5.41) is 0.433.